The maximum Gasteiger partial charge on any atom is 0.253 e. The molecule has 0 aromatic heterocycles. The summed E-state index contributed by atoms with van der Waals surface area (Å²) in [6, 6.07) is -0.676. The minimum absolute atomic E-state index is 0.0213. The first-order valence-electron chi connectivity index (χ1n) is 20.6. The number of terminal acetylenes is 1. The van der Waals surface area contributed by atoms with Crippen molar-refractivity contribution >= 4 is 35.1 Å². The Labute approximate surface area is 321 Å². The van der Waals surface area contributed by atoms with Crippen LogP contribution >= 0.6 is 11.8 Å². The van der Waals surface area contributed by atoms with Crippen molar-refractivity contribution in [2.45, 2.75) is 161 Å². The van der Waals surface area contributed by atoms with Crippen LogP contribution in [0.4, 0.5) is 0 Å². The quantitative estimate of drug-likeness (QED) is 0.129. The minimum Gasteiger partial charge on any atom is -0.393 e. The van der Waals surface area contributed by atoms with Crippen LogP contribution in [0, 0.1) is 64.6 Å². The lowest BCUT2D eigenvalue weighted by atomic mass is 9.43. The molecule has 5 fully saturated rings. The number of hydrogen-bond acceptors (Lipinski definition) is 8. The van der Waals surface area contributed by atoms with Crippen molar-refractivity contribution in [1.29, 1.82) is 0 Å². The molecule has 0 aromatic carbocycles. The smallest absolute Gasteiger partial charge is 0.253 e. The van der Waals surface area contributed by atoms with Gasteiger partial charge in [-0.25, -0.2) is 0 Å². The number of allylic oxidation sites excluding steroid dienone is 1. The maximum atomic E-state index is 13.6. The molecule has 9 nitrogen and oxygen atoms in total. The van der Waals surface area contributed by atoms with Crippen LogP contribution in [0.15, 0.2) is 11.3 Å². The van der Waals surface area contributed by atoms with Gasteiger partial charge < -0.3 is 20.6 Å². The number of nitrogens with one attached hydrogen (secondary N) is 1. The number of thioether (sulfide) groups is 1. The molecule has 14 unspecified atom stereocenters. The number of Topliss-reactive ketones (excluding diaryl/α,β-unsaturated/α-hetero) is 2. The molecule has 0 bridgehead atoms. The number of aliphatic hydroxyl groups is 3. The van der Waals surface area contributed by atoms with Gasteiger partial charge in [-0.05, 0) is 123 Å². The zero-order valence-corrected chi connectivity index (χ0v) is 33.5. The SMILES string of the molecule is C#CCC(CC(=O)CCCC)CC(=O)C1=C(C)CSC2C(NC(=O)CCC(C)C3CCC4C5C(O)C(O)C6CC(O)CCC6(C)C5CCC34C)C(=O)N12. The predicted molar refractivity (Wildman–Crippen MR) is 206 cm³/mol. The van der Waals surface area contributed by atoms with Crippen molar-refractivity contribution in [3.05, 3.63) is 11.3 Å². The number of aliphatic hydroxyl groups excluding tert-OH is 3. The van der Waals surface area contributed by atoms with Crippen molar-refractivity contribution in [2.24, 2.45) is 52.3 Å². The lowest BCUT2D eigenvalue weighted by molar-refractivity contribution is -0.223. The monoisotopic (exact) mass is 752 g/mol. The van der Waals surface area contributed by atoms with Gasteiger partial charge in [-0.1, -0.05) is 34.1 Å². The molecule has 6 aliphatic rings. The highest BCUT2D eigenvalue weighted by atomic mass is 32.2. The Morgan fingerprint density at radius 3 is 2.43 bits per heavy atom. The van der Waals surface area contributed by atoms with Crippen LogP contribution in [0.5, 0.6) is 0 Å². The zero-order chi connectivity index (χ0) is 38.4. The molecule has 4 aliphatic carbocycles. The number of unbranched alkanes of at least 4 members (excludes halogenated alkanes) is 1. The molecule has 10 heteroatoms. The van der Waals surface area contributed by atoms with Crippen molar-refractivity contribution in [1.82, 2.24) is 10.2 Å². The largest absolute Gasteiger partial charge is 0.393 e. The van der Waals surface area contributed by atoms with Gasteiger partial charge in [0.15, 0.2) is 5.78 Å². The van der Waals surface area contributed by atoms with Crippen LogP contribution in [0.2, 0.25) is 0 Å². The van der Waals surface area contributed by atoms with Gasteiger partial charge in [0, 0.05) is 37.9 Å². The molecular formula is C43H64N2O7S. The summed E-state index contributed by atoms with van der Waals surface area (Å²) < 4.78 is 0. The molecule has 53 heavy (non-hydrogen) atoms. The Morgan fingerprint density at radius 2 is 1.72 bits per heavy atom. The van der Waals surface area contributed by atoms with Crippen LogP contribution in [-0.4, -0.2) is 79.1 Å². The van der Waals surface area contributed by atoms with E-state index in [-0.39, 0.29) is 76.1 Å². The molecule has 2 aliphatic heterocycles. The topological polar surface area (TPSA) is 144 Å². The van der Waals surface area contributed by atoms with E-state index in [1.807, 2.05) is 13.8 Å². The fraction of sp³-hybridized carbons (Fsp3) is 0.814. The number of carbonyl (C=O) groups excluding carboxylic acids is 4. The molecule has 6 rings (SSSR count). The van der Waals surface area contributed by atoms with E-state index < -0.39 is 24.4 Å². The van der Waals surface area contributed by atoms with Crippen molar-refractivity contribution < 1.29 is 34.5 Å². The van der Waals surface area contributed by atoms with E-state index in [1.165, 1.54) is 0 Å². The standard InChI is InChI=1S/C43H64N2O7S/c1-7-9-11-27(46)20-26(10-8-2)21-33(48)37-25(4)23-53-41-36(40(52)45(37)41)44-34(49)15-12-24(3)29-13-14-30-35-31(17-19-42(29,30)5)43(6)18-16-28(47)22-32(43)38(50)39(35)51/h2,24,26,28-32,35-36,38-39,41,47,50-51H,7,9-23H2,1,3-6H3,(H,44,49). The molecule has 1 saturated heterocycles. The third-order valence-electron chi connectivity index (χ3n) is 15.3. The number of fused-ring (bicyclic) bond motifs is 6. The molecule has 294 valence electrons. The van der Waals surface area contributed by atoms with E-state index in [0.29, 0.717) is 61.3 Å². The van der Waals surface area contributed by atoms with Gasteiger partial charge in [0.1, 0.15) is 17.2 Å². The van der Waals surface area contributed by atoms with Gasteiger partial charge >= 0.3 is 0 Å². The molecular weight excluding hydrogens is 689 g/mol. The normalized spacial score (nSPS) is 40.1. The van der Waals surface area contributed by atoms with Crippen molar-refractivity contribution in [3.8, 4) is 12.3 Å². The molecule has 2 heterocycles. The van der Waals surface area contributed by atoms with Crippen molar-refractivity contribution in [3.63, 3.8) is 0 Å². The molecule has 0 aromatic rings. The van der Waals surface area contributed by atoms with Gasteiger partial charge in [-0.15, -0.1) is 24.1 Å². The fourth-order valence-electron chi connectivity index (χ4n) is 12.4. The predicted octanol–water partition coefficient (Wildman–Crippen LogP) is 5.79. The lowest BCUT2D eigenvalue weighted by Gasteiger charge is -2.63. The van der Waals surface area contributed by atoms with Crippen LogP contribution in [0.25, 0.3) is 0 Å². The second-order valence-electron chi connectivity index (χ2n) is 18.4. The average molecular weight is 753 g/mol. The number of amides is 2. The lowest BCUT2D eigenvalue weighted by Crippen LogP contribution is -2.70. The summed E-state index contributed by atoms with van der Waals surface area (Å²) in [5.74, 6) is 3.81. The number of hydrogen-bond donors (Lipinski definition) is 4. The van der Waals surface area contributed by atoms with E-state index in [4.69, 9.17) is 6.42 Å². The highest BCUT2D eigenvalue weighted by molar-refractivity contribution is 8.00. The number of rotatable bonds is 14. The van der Waals surface area contributed by atoms with Crippen LogP contribution in [-0.2, 0) is 19.2 Å². The third kappa shape index (κ3) is 7.43. The zero-order valence-electron chi connectivity index (χ0n) is 32.6. The van der Waals surface area contributed by atoms with Gasteiger partial charge in [0.2, 0.25) is 5.91 Å². The molecule has 2 amide bonds. The minimum atomic E-state index is -0.809. The summed E-state index contributed by atoms with van der Waals surface area (Å²) in [6.45, 7) is 10.8. The number of nitrogens with zero attached hydrogens (tertiary/aromatic N) is 1. The summed E-state index contributed by atoms with van der Waals surface area (Å²) in [6.07, 6.45) is 14.0. The summed E-state index contributed by atoms with van der Waals surface area (Å²) in [7, 11) is 0. The van der Waals surface area contributed by atoms with E-state index in [1.54, 1.807) is 16.7 Å². The fourth-order valence-corrected chi connectivity index (χ4v) is 13.7. The first-order valence-corrected chi connectivity index (χ1v) is 21.7. The van der Waals surface area contributed by atoms with Gasteiger partial charge in [0.05, 0.1) is 24.0 Å². The number of carbonyl (C=O) groups is 4. The second kappa shape index (κ2) is 16.1. The highest BCUT2D eigenvalue weighted by Crippen LogP contribution is 2.68. The Balaban J connectivity index is 1.03. The number of β-lactam (4-membered cyclic amide) rings is 1. The summed E-state index contributed by atoms with van der Waals surface area (Å²) in [4.78, 5) is 54.6. The molecule has 0 spiro atoms. The molecule has 14 atom stereocenters. The molecule has 4 N–H and O–H groups in total. The van der Waals surface area contributed by atoms with E-state index in [9.17, 15) is 34.5 Å². The summed E-state index contributed by atoms with van der Waals surface area (Å²) in [5.41, 5.74) is 1.19. The van der Waals surface area contributed by atoms with E-state index in [0.717, 1.165) is 56.9 Å². The van der Waals surface area contributed by atoms with Crippen LogP contribution in [0.3, 0.4) is 0 Å². The van der Waals surface area contributed by atoms with E-state index in [2.05, 4.69) is 32.0 Å². The first kappa shape index (κ1) is 40.5. The third-order valence-corrected chi connectivity index (χ3v) is 16.7. The first-order chi connectivity index (χ1) is 25.2. The maximum absolute atomic E-state index is 13.6. The van der Waals surface area contributed by atoms with Crippen LogP contribution in [0.1, 0.15) is 131 Å². The molecule has 0 radical (unpaired) electrons. The Morgan fingerprint density at radius 1 is 1.00 bits per heavy atom. The average Bonchev–Trinajstić information content (AvgIpc) is 3.48. The summed E-state index contributed by atoms with van der Waals surface area (Å²) in [5, 5.41) is 36.1. The Bertz CT molecular complexity index is 1510. The van der Waals surface area contributed by atoms with Gasteiger partial charge in [0.25, 0.3) is 5.91 Å². The highest BCUT2D eigenvalue weighted by Gasteiger charge is 2.65. The number of ketones is 2. The molecule has 4 saturated carbocycles. The van der Waals surface area contributed by atoms with E-state index >= 15 is 0 Å². The van der Waals surface area contributed by atoms with Crippen LogP contribution < -0.4 is 5.32 Å². The van der Waals surface area contributed by atoms with Gasteiger partial charge in [-0.3, -0.25) is 24.1 Å². The summed E-state index contributed by atoms with van der Waals surface area (Å²) >= 11 is 1.56. The Hall–Kier alpha value is -2.19. The van der Waals surface area contributed by atoms with Crippen molar-refractivity contribution in [2.75, 3.05) is 5.75 Å². The Kier molecular flexibility index (Phi) is 12.3. The second-order valence-corrected chi connectivity index (χ2v) is 19.5. The van der Waals surface area contributed by atoms with Gasteiger partial charge in [-0.2, -0.15) is 0 Å².